The molecule has 0 aromatic heterocycles. The average molecular weight is 365 g/mol. The predicted octanol–water partition coefficient (Wildman–Crippen LogP) is 3.25. The van der Waals surface area contributed by atoms with Crippen molar-refractivity contribution in [3.63, 3.8) is 0 Å². The molecule has 6 rings (SSSR count). The number of hydroxylamine groups is 2. The van der Waals surface area contributed by atoms with Crippen molar-refractivity contribution >= 4 is 17.8 Å². The molecule has 0 spiro atoms. The number of hydrogen-bond donors (Lipinski definition) is 0. The van der Waals surface area contributed by atoms with Crippen LogP contribution in [0.15, 0.2) is 48.5 Å². The van der Waals surface area contributed by atoms with Crippen LogP contribution in [-0.4, -0.2) is 22.8 Å². The maximum absolute atomic E-state index is 13.3. The minimum absolute atomic E-state index is 0.165. The van der Waals surface area contributed by atoms with E-state index >= 15 is 0 Å². The normalized spacial score (nSPS) is 28.1. The Morgan fingerprint density at radius 1 is 1.04 bits per heavy atom. The van der Waals surface area contributed by atoms with Gasteiger partial charge in [0.15, 0.2) is 0 Å². The standard InChI is InChI=1S/C21H16FNO4/c22-14-7-5-13(6-8-14)21-10-9-12(11-21)17(21)20(26)27-23-18(24)15-3-1-2-4-16(15)19(23)25/h1-8,12,17H,9-11H2. The lowest BCUT2D eigenvalue weighted by atomic mass is 9.57. The van der Waals surface area contributed by atoms with Gasteiger partial charge in [-0.15, -0.1) is 0 Å². The highest BCUT2D eigenvalue weighted by Crippen LogP contribution is 2.64. The van der Waals surface area contributed by atoms with E-state index in [1.807, 2.05) is 0 Å². The number of carbonyl (C=O) groups is 3. The second-order valence-electron chi connectivity index (χ2n) is 7.50. The van der Waals surface area contributed by atoms with Gasteiger partial charge in [-0.3, -0.25) is 9.59 Å². The number of benzene rings is 2. The zero-order chi connectivity index (χ0) is 18.8. The van der Waals surface area contributed by atoms with E-state index in [1.165, 1.54) is 24.3 Å². The lowest BCUT2D eigenvalue weighted by Gasteiger charge is -2.46. The molecule has 136 valence electrons. The lowest BCUT2D eigenvalue weighted by molar-refractivity contribution is -0.182. The van der Waals surface area contributed by atoms with Gasteiger partial charge in [-0.25, -0.2) is 9.18 Å². The molecule has 1 heterocycles. The molecule has 2 aromatic carbocycles. The Kier molecular flexibility index (Phi) is 3.29. The summed E-state index contributed by atoms with van der Waals surface area (Å²) in [6.45, 7) is 0. The Hall–Kier alpha value is -3.02. The van der Waals surface area contributed by atoms with Gasteiger partial charge >= 0.3 is 5.97 Å². The molecule has 3 saturated carbocycles. The quantitative estimate of drug-likeness (QED) is 0.784. The van der Waals surface area contributed by atoms with Crippen LogP contribution in [0.3, 0.4) is 0 Å². The van der Waals surface area contributed by atoms with E-state index in [4.69, 9.17) is 4.84 Å². The molecule has 1 aliphatic heterocycles. The van der Waals surface area contributed by atoms with Crippen LogP contribution in [0.2, 0.25) is 0 Å². The fourth-order valence-electron chi connectivity index (χ4n) is 5.01. The summed E-state index contributed by atoms with van der Waals surface area (Å²) in [6, 6.07) is 12.6. The highest BCUT2D eigenvalue weighted by molar-refractivity contribution is 6.20. The van der Waals surface area contributed by atoms with Crippen LogP contribution in [0.5, 0.6) is 0 Å². The number of carbonyl (C=O) groups excluding carboxylic acids is 3. The van der Waals surface area contributed by atoms with Crippen molar-refractivity contribution in [1.29, 1.82) is 0 Å². The van der Waals surface area contributed by atoms with Crippen molar-refractivity contribution < 1.29 is 23.6 Å². The summed E-state index contributed by atoms with van der Waals surface area (Å²) in [4.78, 5) is 43.0. The summed E-state index contributed by atoms with van der Waals surface area (Å²) in [5.41, 5.74) is 0.982. The summed E-state index contributed by atoms with van der Waals surface area (Å²) >= 11 is 0. The predicted molar refractivity (Wildman–Crippen MR) is 91.9 cm³/mol. The molecule has 2 bridgehead atoms. The molecule has 0 radical (unpaired) electrons. The van der Waals surface area contributed by atoms with Crippen molar-refractivity contribution in [1.82, 2.24) is 5.06 Å². The van der Waals surface area contributed by atoms with E-state index < -0.39 is 29.1 Å². The van der Waals surface area contributed by atoms with Gasteiger partial charge in [0, 0.05) is 5.41 Å². The van der Waals surface area contributed by atoms with Crippen LogP contribution in [0, 0.1) is 17.7 Å². The Bertz CT molecular complexity index is 947. The molecule has 0 N–H and O–H groups in total. The molecule has 0 saturated heterocycles. The van der Waals surface area contributed by atoms with E-state index in [2.05, 4.69) is 0 Å². The van der Waals surface area contributed by atoms with Crippen molar-refractivity contribution in [3.8, 4) is 0 Å². The van der Waals surface area contributed by atoms with E-state index in [0.29, 0.717) is 5.06 Å². The first-order valence-corrected chi connectivity index (χ1v) is 8.97. The molecular formula is C21H16FNO4. The molecule has 2 amide bonds. The summed E-state index contributed by atoms with van der Waals surface area (Å²) in [7, 11) is 0. The Labute approximate surface area is 154 Å². The van der Waals surface area contributed by atoms with E-state index in [9.17, 15) is 18.8 Å². The topological polar surface area (TPSA) is 63.7 Å². The summed E-state index contributed by atoms with van der Waals surface area (Å²) < 4.78 is 13.3. The smallest absolute Gasteiger partial charge is 0.329 e. The molecular weight excluding hydrogens is 349 g/mol. The van der Waals surface area contributed by atoms with Crippen LogP contribution < -0.4 is 0 Å². The molecule has 3 fully saturated rings. The SMILES string of the molecule is O=C(ON1C(=O)c2ccccc2C1=O)C1C2CCC1(c1ccc(F)cc1)C2. The monoisotopic (exact) mass is 365 g/mol. The number of amides is 2. The molecule has 3 atom stereocenters. The highest BCUT2D eigenvalue weighted by Gasteiger charge is 2.64. The molecule has 4 aliphatic rings. The van der Waals surface area contributed by atoms with Gasteiger partial charge in [0.1, 0.15) is 5.82 Å². The van der Waals surface area contributed by atoms with Gasteiger partial charge in [-0.1, -0.05) is 29.3 Å². The largest absolute Gasteiger partial charge is 0.337 e. The third kappa shape index (κ3) is 2.13. The van der Waals surface area contributed by atoms with Crippen LogP contribution >= 0.6 is 0 Å². The second kappa shape index (κ2) is 5.49. The van der Waals surface area contributed by atoms with Crippen LogP contribution in [-0.2, 0) is 15.0 Å². The molecule has 2 aromatic rings. The van der Waals surface area contributed by atoms with Gasteiger partial charge in [0.25, 0.3) is 11.8 Å². The first-order valence-electron chi connectivity index (χ1n) is 8.97. The zero-order valence-electron chi connectivity index (χ0n) is 14.4. The zero-order valence-corrected chi connectivity index (χ0v) is 14.4. The van der Waals surface area contributed by atoms with Crippen molar-refractivity contribution in [3.05, 3.63) is 71.0 Å². The van der Waals surface area contributed by atoms with Crippen molar-refractivity contribution in [2.75, 3.05) is 0 Å². The molecule has 5 nitrogen and oxygen atoms in total. The molecule has 3 aliphatic carbocycles. The van der Waals surface area contributed by atoms with Gasteiger partial charge in [-0.05, 0) is 55.0 Å². The number of nitrogens with zero attached hydrogens (tertiary/aromatic N) is 1. The van der Waals surface area contributed by atoms with Gasteiger partial charge < -0.3 is 4.84 Å². The first-order chi connectivity index (χ1) is 13.0. The minimum atomic E-state index is -0.619. The number of imide groups is 1. The number of fused-ring (bicyclic) bond motifs is 2. The second-order valence-corrected chi connectivity index (χ2v) is 7.50. The Morgan fingerprint density at radius 2 is 1.67 bits per heavy atom. The van der Waals surface area contributed by atoms with Crippen molar-refractivity contribution in [2.45, 2.75) is 24.7 Å². The lowest BCUT2D eigenvalue weighted by Crippen LogP contribution is -2.51. The summed E-state index contributed by atoms with van der Waals surface area (Å²) in [6.07, 6.45) is 2.52. The third-order valence-corrected chi connectivity index (χ3v) is 6.27. The molecule has 6 heteroatoms. The Morgan fingerprint density at radius 3 is 2.26 bits per heavy atom. The van der Waals surface area contributed by atoms with Gasteiger partial charge in [0.05, 0.1) is 17.0 Å². The minimum Gasteiger partial charge on any atom is -0.329 e. The van der Waals surface area contributed by atoms with Gasteiger partial charge in [0.2, 0.25) is 0 Å². The third-order valence-electron chi connectivity index (χ3n) is 6.27. The maximum atomic E-state index is 13.3. The van der Waals surface area contributed by atoms with Crippen LogP contribution in [0.4, 0.5) is 4.39 Å². The van der Waals surface area contributed by atoms with Crippen LogP contribution in [0.25, 0.3) is 0 Å². The number of rotatable bonds is 3. The summed E-state index contributed by atoms with van der Waals surface area (Å²) in [5, 5.41) is 0.573. The Balaban J connectivity index is 1.40. The average Bonchev–Trinajstić information content (AvgIpc) is 3.32. The summed E-state index contributed by atoms with van der Waals surface area (Å²) in [5.74, 6) is -2.39. The van der Waals surface area contributed by atoms with E-state index in [-0.39, 0.29) is 22.9 Å². The van der Waals surface area contributed by atoms with Gasteiger partial charge in [-0.2, -0.15) is 0 Å². The fraction of sp³-hybridized carbons (Fsp3) is 0.286. The maximum Gasteiger partial charge on any atom is 0.337 e. The fourth-order valence-corrected chi connectivity index (χ4v) is 5.01. The van der Waals surface area contributed by atoms with Crippen molar-refractivity contribution in [2.24, 2.45) is 11.8 Å². The number of hydrogen-bond acceptors (Lipinski definition) is 4. The van der Waals surface area contributed by atoms with E-state index in [0.717, 1.165) is 24.8 Å². The van der Waals surface area contributed by atoms with E-state index in [1.54, 1.807) is 24.3 Å². The molecule has 27 heavy (non-hydrogen) atoms. The van der Waals surface area contributed by atoms with Crippen LogP contribution in [0.1, 0.15) is 45.5 Å². The first kappa shape index (κ1) is 16.2. The number of halogens is 1. The highest BCUT2D eigenvalue weighted by atomic mass is 19.1. The molecule has 3 unspecified atom stereocenters.